The van der Waals surface area contributed by atoms with Crippen molar-refractivity contribution in [1.29, 1.82) is 0 Å². The molecule has 0 aliphatic carbocycles. The molecular weight excluding hydrogens is 417 g/mol. The van der Waals surface area contributed by atoms with E-state index in [4.69, 9.17) is 4.74 Å². The lowest BCUT2D eigenvalue weighted by atomic mass is 10.2. The Morgan fingerprint density at radius 1 is 1.27 bits per heavy atom. The maximum absolute atomic E-state index is 11.1. The van der Waals surface area contributed by atoms with Gasteiger partial charge in [0.05, 0.1) is 19.4 Å². The molecule has 0 spiro atoms. The number of hydrogen-bond donors (Lipinski definition) is 2. The predicted molar refractivity (Wildman–Crippen MR) is 101 cm³/mol. The van der Waals surface area contributed by atoms with E-state index >= 15 is 0 Å². The molecule has 0 aliphatic rings. The van der Waals surface area contributed by atoms with Gasteiger partial charge < -0.3 is 15.4 Å². The summed E-state index contributed by atoms with van der Waals surface area (Å²) >= 11 is 0. The van der Waals surface area contributed by atoms with Crippen LogP contribution in [0.5, 0.6) is 5.75 Å². The van der Waals surface area contributed by atoms with Gasteiger partial charge in [-0.1, -0.05) is 18.2 Å². The molecule has 2 N–H and O–H groups in total. The zero-order chi connectivity index (χ0) is 15.7. The minimum absolute atomic E-state index is 0. The second-order valence-corrected chi connectivity index (χ2v) is 6.82. The van der Waals surface area contributed by atoms with E-state index < -0.39 is 9.84 Å². The third-order valence-electron chi connectivity index (χ3n) is 2.71. The van der Waals surface area contributed by atoms with Crippen LogP contribution in [0.25, 0.3) is 0 Å². The molecule has 0 radical (unpaired) electrons. The first-order valence-electron chi connectivity index (χ1n) is 6.78. The molecule has 1 rings (SSSR count). The first kappa shape index (κ1) is 21.0. The Balaban J connectivity index is 0.00000441. The lowest BCUT2D eigenvalue weighted by Gasteiger charge is -2.11. The van der Waals surface area contributed by atoms with Crippen molar-refractivity contribution in [1.82, 2.24) is 10.6 Å². The minimum Gasteiger partial charge on any atom is -0.496 e. The van der Waals surface area contributed by atoms with Crippen molar-refractivity contribution in [3.05, 3.63) is 29.8 Å². The standard InChI is InChI=1S/C14H23N3O3S.HI/c1-4-15-14(16-9-10-21(3,18)19)17-11-12-7-5-6-8-13(12)20-2;/h5-8H,4,9-11H2,1-3H3,(H2,15,16,17);1H. The van der Waals surface area contributed by atoms with Crippen molar-refractivity contribution in [3.63, 3.8) is 0 Å². The molecule has 0 unspecified atom stereocenters. The Hall–Kier alpha value is -1.03. The van der Waals surface area contributed by atoms with Gasteiger partial charge in [0.25, 0.3) is 0 Å². The molecule has 0 saturated heterocycles. The van der Waals surface area contributed by atoms with Crippen LogP contribution in [0.1, 0.15) is 12.5 Å². The van der Waals surface area contributed by atoms with E-state index in [1.54, 1.807) is 7.11 Å². The zero-order valence-corrected chi connectivity index (χ0v) is 16.3. The van der Waals surface area contributed by atoms with E-state index in [0.717, 1.165) is 11.3 Å². The molecule has 0 fully saturated rings. The summed E-state index contributed by atoms with van der Waals surface area (Å²) < 4.78 is 27.5. The number of hydrogen-bond acceptors (Lipinski definition) is 4. The van der Waals surface area contributed by atoms with Crippen LogP contribution in [0.15, 0.2) is 29.3 Å². The largest absolute Gasteiger partial charge is 0.496 e. The van der Waals surface area contributed by atoms with Gasteiger partial charge in [0.2, 0.25) is 0 Å². The average molecular weight is 441 g/mol. The van der Waals surface area contributed by atoms with E-state index in [-0.39, 0.29) is 29.7 Å². The molecule has 0 saturated carbocycles. The highest BCUT2D eigenvalue weighted by atomic mass is 127. The highest BCUT2D eigenvalue weighted by Crippen LogP contribution is 2.17. The molecule has 8 heteroatoms. The third-order valence-corrected chi connectivity index (χ3v) is 3.66. The molecule has 0 heterocycles. The second kappa shape index (κ2) is 10.7. The minimum atomic E-state index is -2.98. The Morgan fingerprint density at radius 2 is 1.95 bits per heavy atom. The van der Waals surface area contributed by atoms with Crippen LogP contribution < -0.4 is 15.4 Å². The van der Waals surface area contributed by atoms with E-state index in [1.807, 2.05) is 31.2 Å². The lowest BCUT2D eigenvalue weighted by Crippen LogP contribution is -2.39. The van der Waals surface area contributed by atoms with Crippen molar-refractivity contribution in [2.45, 2.75) is 13.5 Å². The summed E-state index contributed by atoms with van der Waals surface area (Å²) in [4.78, 5) is 4.43. The number of ether oxygens (including phenoxy) is 1. The summed E-state index contributed by atoms with van der Waals surface area (Å²) in [6, 6.07) is 7.66. The lowest BCUT2D eigenvalue weighted by molar-refractivity contribution is 0.410. The normalized spacial score (nSPS) is 11.5. The van der Waals surface area contributed by atoms with Crippen molar-refractivity contribution < 1.29 is 13.2 Å². The second-order valence-electron chi connectivity index (χ2n) is 4.56. The fourth-order valence-corrected chi connectivity index (χ4v) is 2.17. The Bertz CT molecular complexity index is 576. The topological polar surface area (TPSA) is 79.8 Å². The summed E-state index contributed by atoms with van der Waals surface area (Å²) in [6.45, 7) is 3.45. The van der Waals surface area contributed by atoms with Gasteiger partial charge >= 0.3 is 0 Å². The van der Waals surface area contributed by atoms with Gasteiger partial charge in [0.15, 0.2) is 5.96 Å². The van der Waals surface area contributed by atoms with Crippen molar-refractivity contribution >= 4 is 39.8 Å². The number of nitrogens with zero attached hydrogens (tertiary/aromatic N) is 1. The molecule has 0 atom stereocenters. The molecule has 0 aliphatic heterocycles. The number of nitrogens with one attached hydrogen (secondary N) is 2. The van der Waals surface area contributed by atoms with Crippen molar-refractivity contribution in [2.75, 3.05) is 32.2 Å². The summed E-state index contributed by atoms with van der Waals surface area (Å²) in [5, 5.41) is 6.08. The summed E-state index contributed by atoms with van der Waals surface area (Å²) in [7, 11) is -1.35. The smallest absolute Gasteiger partial charge is 0.191 e. The van der Waals surface area contributed by atoms with Crippen LogP contribution in [-0.2, 0) is 16.4 Å². The molecule has 0 bridgehead atoms. The van der Waals surface area contributed by atoms with Crippen molar-refractivity contribution in [3.8, 4) is 5.75 Å². The summed E-state index contributed by atoms with van der Waals surface area (Å²) in [5.41, 5.74) is 0.973. The van der Waals surface area contributed by atoms with E-state index in [9.17, 15) is 8.42 Å². The highest BCUT2D eigenvalue weighted by Gasteiger charge is 2.04. The molecule has 1 aromatic rings. The summed E-state index contributed by atoms with van der Waals surface area (Å²) in [6.07, 6.45) is 1.22. The van der Waals surface area contributed by atoms with Gasteiger partial charge in [0.1, 0.15) is 15.6 Å². The van der Waals surface area contributed by atoms with Gasteiger partial charge in [-0.15, -0.1) is 24.0 Å². The van der Waals surface area contributed by atoms with Gasteiger partial charge in [-0.25, -0.2) is 13.4 Å². The number of methoxy groups -OCH3 is 1. The third kappa shape index (κ3) is 8.42. The maximum Gasteiger partial charge on any atom is 0.191 e. The van der Waals surface area contributed by atoms with Crippen LogP contribution in [0.2, 0.25) is 0 Å². The summed E-state index contributed by atoms with van der Waals surface area (Å²) in [5.74, 6) is 1.45. The molecule has 6 nitrogen and oxygen atoms in total. The van der Waals surface area contributed by atoms with Gasteiger partial charge in [-0.2, -0.15) is 0 Å². The predicted octanol–water partition coefficient (Wildman–Crippen LogP) is 1.41. The highest BCUT2D eigenvalue weighted by molar-refractivity contribution is 14.0. The quantitative estimate of drug-likeness (QED) is 0.380. The van der Waals surface area contributed by atoms with Crippen LogP contribution in [0.4, 0.5) is 0 Å². The molecule has 1 aromatic carbocycles. The molecule has 22 heavy (non-hydrogen) atoms. The van der Waals surface area contributed by atoms with Crippen LogP contribution in [0.3, 0.4) is 0 Å². The van der Waals surface area contributed by atoms with Gasteiger partial charge in [-0.05, 0) is 13.0 Å². The fraction of sp³-hybridized carbons (Fsp3) is 0.500. The molecule has 0 amide bonds. The Kier molecular flexibility index (Phi) is 10.2. The monoisotopic (exact) mass is 441 g/mol. The number of benzene rings is 1. The van der Waals surface area contributed by atoms with Gasteiger partial charge in [-0.3, -0.25) is 0 Å². The average Bonchev–Trinajstić information content (AvgIpc) is 2.43. The first-order chi connectivity index (χ1) is 9.96. The zero-order valence-electron chi connectivity index (χ0n) is 13.1. The Morgan fingerprint density at radius 3 is 2.55 bits per heavy atom. The van der Waals surface area contributed by atoms with Gasteiger partial charge in [0, 0.05) is 24.9 Å². The number of rotatable bonds is 7. The molecule has 126 valence electrons. The number of guanidine groups is 1. The molecule has 0 aromatic heterocycles. The van der Waals surface area contributed by atoms with E-state index in [0.29, 0.717) is 25.6 Å². The Labute approximate surface area is 149 Å². The SMILES string of the molecule is CCNC(=NCc1ccccc1OC)NCCS(C)(=O)=O.I. The fourth-order valence-electron chi connectivity index (χ4n) is 1.69. The number of sulfone groups is 1. The van der Waals surface area contributed by atoms with E-state index in [1.165, 1.54) is 6.26 Å². The van der Waals surface area contributed by atoms with Crippen molar-refractivity contribution in [2.24, 2.45) is 4.99 Å². The number of aliphatic imine (C=N–C) groups is 1. The van der Waals surface area contributed by atoms with Crippen LogP contribution in [-0.4, -0.2) is 46.6 Å². The van der Waals surface area contributed by atoms with E-state index in [2.05, 4.69) is 15.6 Å². The molecular formula is C14H24IN3O3S. The van der Waals surface area contributed by atoms with Crippen LogP contribution in [0, 0.1) is 0 Å². The number of para-hydroxylation sites is 1. The first-order valence-corrected chi connectivity index (χ1v) is 8.84. The maximum atomic E-state index is 11.1. The van der Waals surface area contributed by atoms with Crippen LogP contribution >= 0.6 is 24.0 Å². The number of halogens is 1.